The Morgan fingerprint density at radius 2 is 1.93 bits per heavy atom. The van der Waals surface area contributed by atoms with Gasteiger partial charge in [0, 0.05) is 21.1 Å². The molecule has 0 spiro atoms. The van der Waals surface area contributed by atoms with E-state index in [-0.39, 0.29) is 0 Å². The minimum atomic E-state index is -4.32. The molecule has 4 rings (SSSR count). The normalized spacial score (nSPS) is 16.2. The van der Waals surface area contributed by atoms with Crippen LogP contribution in [0.2, 0.25) is 0 Å². The molecule has 0 aliphatic carbocycles. The highest BCUT2D eigenvalue weighted by Crippen LogP contribution is 2.37. The molecule has 30 heavy (non-hydrogen) atoms. The van der Waals surface area contributed by atoms with Crippen LogP contribution in [-0.4, -0.2) is 11.1 Å². The number of ether oxygens (including phenoxy) is 1. The van der Waals surface area contributed by atoms with Gasteiger partial charge < -0.3 is 4.74 Å². The average Bonchev–Trinajstić information content (AvgIpc) is 3.11. The number of hydrogen-bond donors (Lipinski definition) is 0. The van der Waals surface area contributed by atoms with Gasteiger partial charge in [-0.25, -0.2) is 4.98 Å². The number of fused-ring (bicyclic) bond motifs is 1. The van der Waals surface area contributed by atoms with Crippen LogP contribution in [0.25, 0.3) is 10.6 Å². The van der Waals surface area contributed by atoms with E-state index >= 15 is 0 Å². The highest BCUT2D eigenvalue weighted by Gasteiger charge is 2.30. The van der Waals surface area contributed by atoms with Crippen molar-refractivity contribution < 1.29 is 17.9 Å². The van der Waals surface area contributed by atoms with E-state index in [4.69, 9.17) is 4.74 Å². The van der Waals surface area contributed by atoms with Crippen molar-refractivity contribution in [3.63, 3.8) is 0 Å². The lowest BCUT2D eigenvalue weighted by Gasteiger charge is -2.25. The van der Waals surface area contributed by atoms with Crippen molar-refractivity contribution in [1.82, 2.24) is 4.98 Å². The number of nitrogens with zero attached hydrogens (tertiary/aromatic N) is 1. The molecule has 0 N–H and O–H groups in total. The zero-order chi connectivity index (χ0) is 21.3. The molecule has 2 heterocycles. The summed E-state index contributed by atoms with van der Waals surface area (Å²) in [6.45, 7) is 4.10. The number of thiazole rings is 1. The van der Waals surface area contributed by atoms with E-state index in [2.05, 4.69) is 30.1 Å². The van der Waals surface area contributed by atoms with Crippen molar-refractivity contribution in [2.24, 2.45) is 0 Å². The summed E-state index contributed by atoms with van der Waals surface area (Å²) in [5, 5.41) is 0.751. The summed E-state index contributed by atoms with van der Waals surface area (Å²) in [5.74, 6) is 1.78. The highest BCUT2D eigenvalue weighted by molar-refractivity contribution is 7.98. The van der Waals surface area contributed by atoms with E-state index in [0.717, 1.165) is 58.5 Å². The molecule has 3 aromatic rings. The minimum absolute atomic E-state index is 0.319. The van der Waals surface area contributed by atoms with E-state index < -0.39 is 11.7 Å². The van der Waals surface area contributed by atoms with Gasteiger partial charge in [0.1, 0.15) is 10.8 Å². The predicted octanol–water partition coefficient (Wildman–Crippen LogP) is 7.53. The van der Waals surface area contributed by atoms with Crippen molar-refractivity contribution in [3.8, 4) is 16.3 Å². The number of aryl methyl sites for hydroxylation is 2. The fourth-order valence-corrected chi connectivity index (χ4v) is 5.61. The number of aromatic nitrogens is 1. The zero-order valence-corrected chi connectivity index (χ0v) is 18.4. The van der Waals surface area contributed by atoms with Gasteiger partial charge in [-0.2, -0.15) is 13.2 Å². The van der Waals surface area contributed by atoms with E-state index in [1.807, 2.05) is 6.92 Å². The second-order valence-corrected chi connectivity index (χ2v) is 9.48. The third-order valence-electron chi connectivity index (χ3n) is 5.24. The first-order chi connectivity index (χ1) is 14.3. The molecule has 158 valence electrons. The summed E-state index contributed by atoms with van der Waals surface area (Å²) in [7, 11) is 0. The lowest BCUT2D eigenvalue weighted by molar-refractivity contribution is -0.137. The Hall–Kier alpha value is -1.99. The maximum Gasteiger partial charge on any atom is 0.416 e. The van der Waals surface area contributed by atoms with Gasteiger partial charge in [-0.15, -0.1) is 23.1 Å². The number of benzene rings is 2. The largest absolute Gasteiger partial charge is 0.490 e. The minimum Gasteiger partial charge on any atom is -0.490 e. The number of hydrogen-bond acceptors (Lipinski definition) is 4. The van der Waals surface area contributed by atoms with Crippen LogP contribution >= 0.6 is 23.1 Å². The van der Waals surface area contributed by atoms with Crippen LogP contribution in [0.3, 0.4) is 0 Å². The third-order valence-corrected chi connectivity index (χ3v) is 7.65. The Labute approximate surface area is 182 Å². The molecule has 0 amide bonds. The summed E-state index contributed by atoms with van der Waals surface area (Å²) in [6, 6.07) is 11.6. The second kappa shape index (κ2) is 8.63. The molecule has 1 aliphatic rings. The van der Waals surface area contributed by atoms with Gasteiger partial charge in [-0.3, -0.25) is 0 Å². The van der Waals surface area contributed by atoms with E-state index in [1.54, 1.807) is 11.8 Å². The first kappa shape index (κ1) is 21.2. The fraction of sp³-hybridized carbons (Fsp3) is 0.348. The van der Waals surface area contributed by atoms with Gasteiger partial charge in [0.15, 0.2) is 0 Å². The van der Waals surface area contributed by atoms with Gasteiger partial charge >= 0.3 is 6.18 Å². The Balaban J connectivity index is 1.45. The fourth-order valence-electron chi connectivity index (χ4n) is 3.43. The summed E-state index contributed by atoms with van der Waals surface area (Å²) in [6.07, 6.45) is -0.875. The van der Waals surface area contributed by atoms with Crippen molar-refractivity contribution >= 4 is 23.1 Å². The maximum absolute atomic E-state index is 12.8. The third kappa shape index (κ3) is 4.67. The number of rotatable bonds is 5. The van der Waals surface area contributed by atoms with Crippen molar-refractivity contribution in [3.05, 3.63) is 64.2 Å². The molecule has 1 atom stereocenters. The molecule has 0 radical (unpaired) electrons. The Morgan fingerprint density at radius 1 is 1.17 bits per heavy atom. The standard InChI is InChI=1S/C23H22F3NOS2/c1-3-18-9-6-16-12-19(10-11-20(16)28-18)29-13-21-14(2)27-22(30-21)15-4-7-17(8-5-15)23(24,25)26/h4-5,7-8,10-12,18H,3,6,9,13H2,1-2H3. The van der Waals surface area contributed by atoms with Crippen LogP contribution < -0.4 is 4.74 Å². The summed E-state index contributed by atoms with van der Waals surface area (Å²) < 4.78 is 44.3. The molecule has 1 aromatic heterocycles. The van der Waals surface area contributed by atoms with Crippen LogP contribution in [0.1, 0.15) is 41.5 Å². The van der Waals surface area contributed by atoms with Crippen LogP contribution in [0.4, 0.5) is 13.2 Å². The number of halogens is 3. The highest BCUT2D eigenvalue weighted by atomic mass is 32.2. The quantitative estimate of drug-likeness (QED) is 0.376. The predicted molar refractivity (Wildman–Crippen MR) is 116 cm³/mol. The first-order valence-corrected chi connectivity index (χ1v) is 11.7. The van der Waals surface area contributed by atoms with Crippen molar-refractivity contribution in [1.29, 1.82) is 0 Å². The summed E-state index contributed by atoms with van der Waals surface area (Å²) in [5.41, 5.74) is 2.26. The Kier molecular flexibility index (Phi) is 6.11. The lowest BCUT2D eigenvalue weighted by Crippen LogP contribution is -2.21. The molecule has 1 aliphatic heterocycles. The molecule has 2 nitrogen and oxygen atoms in total. The van der Waals surface area contributed by atoms with Crippen molar-refractivity contribution in [2.75, 3.05) is 0 Å². The van der Waals surface area contributed by atoms with E-state index in [9.17, 15) is 13.2 Å². The molecule has 0 fully saturated rings. The van der Waals surface area contributed by atoms with Crippen LogP contribution in [0.5, 0.6) is 5.75 Å². The molecular weight excluding hydrogens is 427 g/mol. The van der Waals surface area contributed by atoms with Gasteiger partial charge in [0.25, 0.3) is 0 Å². The molecule has 7 heteroatoms. The second-order valence-electron chi connectivity index (χ2n) is 7.35. The molecule has 1 unspecified atom stereocenters. The Bertz CT molecular complexity index is 1030. The van der Waals surface area contributed by atoms with Crippen LogP contribution in [0.15, 0.2) is 47.4 Å². The monoisotopic (exact) mass is 449 g/mol. The van der Waals surface area contributed by atoms with E-state index in [1.165, 1.54) is 33.9 Å². The smallest absolute Gasteiger partial charge is 0.416 e. The van der Waals surface area contributed by atoms with Gasteiger partial charge in [0.2, 0.25) is 0 Å². The molecule has 0 saturated carbocycles. The summed E-state index contributed by atoms with van der Waals surface area (Å²) in [4.78, 5) is 6.90. The van der Waals surface area contributed by atoms with Gasteiger partial charge in [0.05, 0.1) is 17.4 Å². The molecule has 0 bridgehead atoms. The average molecular weight is 450 g/mol. The first-order valence-electron chi connectivity index (χ1n) is 9.90. The van der Waals surface area contributed by atoms with Crippen LogP contribution in [-0.2, 0) is 18.3 Å². The van der Waals surface area contributed by atoms with Crippen molar-refractivity contribution in [2.45, 2.75) is 56.0 Å². The SMILES string of the molecule is CCC1CCc2cc(SCc3sc(-c4ccc(C(F)(F)F)cc4)nc3C)ccc2O1. The number of thioether (sulfide) groups is 1. The Morgan fingerprint density at radius 3 is 2.63 bits per heavy atom. The molecular formula is C23H22F3NOS2. The van der Waals surface area contributed by atoms with Gasteiger partial charge in [-0.1, -0.05) is 19.1 Å². The lowest BCUT2D eigenvalue weighted by atomic mass is 10.0. The van der Waals surface area contributed by atoms with E-state index in [0.29, 0.717) is 11.7 Å². The zero-order valence-electron chi connectivity index (χ0n) is 16.8. The maximum atomic E-state index is 12.8. The van der Waals surface area contributed by atoms with Gasteiger partial charge in [-0.05, 0) is 62.1 Å². The molecule has 2 aromatic carbocycles. The molecule has 0 saturated heterocycles. The topological polar surface area (TPSA) is 22.1 Å². The number of alkyl halides is 3. The summed E-state index contributed by atoms with van der Waals surface area (Å²) >= 11 is 3.29. The van der Waals surface area contributed by atoms with Crippen LogP contribution in [0, 0.1) is 6.92 Å².